The molecule has 0 unspecified atom stereocenters. The molecule has 0 fully saturated rings. The molecule has 4 heterocycles. The van der Waals surface area contributed by atoms with Crippen molar-refractivity contribution in [2.45, 2.75) is 45.2 Å². The van der Waals surface area contributed by atoms with E-state index in [2.05, 4.69) is 47.2 Å². The van der Waals surface area contributed by atoms with Crippen LogP contribution in [-0.2, 0) is 12.3 Å². The third-order valence-electron chi connectivity index (χ3n) is 6.12. The van der Waals surface area contributed by atoms with Gasteiger partial charge in [-0.2, -0.15) is 0 Å². The topological polar surface area (TPSA) is 77.3 Å². The predicted octanol–water partition coefficient (Wildman–Crippen LogP) is 4.47. The molecule has 166 valence electrons. The average Bonchev–Trinajstić information content (AvgIpc) is 3.48. The molecule has 0 atom stereocenters. The number of rotatable bonds is 8. The number of aryl methyl sites for hydroxylation is 1. The fourth-order valence-electron chi connectivity index (χ4n) is 4.13. The lowest BCUT2D eigenvalue weighted by molar-refractivity contribution is 0.291. The molecule has 9 heteroatoms. The highest BCUT2D eigenvalue weighted by atomic mass is 32.2. The highest BCUT2D eigenvalue weighted by Gasteiger charge is 2.18. The Bertz CT molecular complexity index is 1360. The minimum absolute atomic E-state index is 0.580. The molecular formula is C23H27N7OS. The number of hydrogen-bond acceptors (Lipinski definition) is 7. The first-order chi connectivity index (χ1) is 15.6. The van der Waals surface area contributed by atoms with Crippen LogP contribution in [0.5, 0.6) is 0 Å². The molecule has 0 aliphatic carbocycles. The summed E-state index contributed by atoms with van der Waals surface area (Å²) in [5.41, 5.74) is 5.93. The number of hydrogen-bond donors (Lipinski definition) is 0. The average molecular weight is 450 g/mol. The Morgan fingerprint density at radius 2 is 1.88 bits per heavy atom. The van der Waals surface area contributed by atoms with Crippen molar-refractivity contribution in [2.75, 3.05) is 19.6 Å². The van der Waals surface area contributed by atoms with Crippen LogP contribution in [0.15, 0.2) is 40.2 Å². The second-order valence-corrected chi connectivity index (χ2v) is 8.79. The third-order valence-corrected chi connectivity index (χ3v) is 6.95. The lowest BCUT2D eigenvalue weighted by atomic mass is 10.2. The summed E-state index contributed by atoms with van der Waals surface area (Å²) in [4.78, 5) is 16.6. The van der Waals surface area contributed by atoms with Crippen LogP contribution in [0, 0.1) is 13.8 Å². The van der Waals surface area contributed by atoms with Crippen LogP contribution in [-0.4, -0.2) is 53.7 Å². The summed E-state index contributed by atoms with van der Waals surface area (Å²) in [6.45, 7) is 12.7. The standard InChI is InChI=1S/C23H27N7OS/c1-5-28(6-2)11-12-29-16(4)15(3)20-21(29)24-14-30-22(20)26-19(27-30)13-32-23-25-17-9-7-8-10-18(17)31-23/h7-10,14H,5-6,11-13H2,1-4H3. The van der Waals surface area contributed by atoms with Crippen molar-refractivity contribution in [3.8, 4) is 0 Å². The van der Waals surface area contributed by atoms with Crippen molar-refractivity contribution in [3.05, 3.63) is 47.7 Å². The number of likely N-dealkylation sites (N-methyl/N-ethyl adjacent to an activating group) is 1. The number of aromatic nitrogens is 6. The maximum absolute atomic E-state index is 5.81. The molecule has 0 saturated carbocycles. The minimum atomic E-state index is 0.580. The summed E-state index contributed by atoms with van der Waals surface area (Å²) in [5, 5.41) is 6.35. The fourth-order valence-corrected chi connectivity index (χ4v) is 4.82. The number of thioether (sulfide) groups is 1. The van der Waals surface area contributed by atoms with Gasteiger partial charge in [-0.25, -0.2) is 19.5 Å². The van der Waals surface area contributed by atoms with Crippen molar-refractivity contribution in [1.29, 1.82) is 0 Å². The quantitative estimate of drug-likeness (QED) is 0.323. The highest BCUT2D eigenvalue weighted by Crippen LogP contribution is 2.29. The van der Waals surface area contributed by atoms with Crippen molar-refractivity contribution in [2.24, 2.45) is 0 Å². The molecule has 0 bridgehead atoms. The lowest BCUT2D eigenvalue weighted by Crippen LogP contribution is -2.27. The largest absolute Gasteiger partial charge is 0.431 e. The Kier molecular flexibility index (Phi) is 5.60. The van der Waals surface area contributed by atoms with Gasteiger partial charge in [0.2, 0.25) is 0 Å². The van der Waals surface area contributed by atoms with Gasteiger partial charge in [0.05, 0.1) is 11.1 Å². The van der Waals surface area contributed by atoms with Crippen LogP contribution in [0.4, 0.5) is 0 Å². The summed E-state index contributed by atoms with van der Waals surface area (Å²) in [5.74, 6) is 1.32. The van der Waals surface area contributed by atoms with E-state index in [1.807, 2.05) is 24.3 Å². The molecular weight excluding hydrogens is 422 g/mol. The Hall–Kier alpha value is -2.91. The van der Waals surface area contributed by atoms with Gasteiger partial charge in [0, 0.05) is 18.8 Å². The van der Waals surface area contributed by atoms with Gasteiger partial charge in [-0.3, -0.25) is 0 Å². The van der Waals surface area contributed by atoms with E-state index in [0.29, 0.717) is 11.0 Å². The Morgan fingerprint density at radius 1 is 1.06 bits per heavy atom. The summed E-state index contributed by atoms with van der Waals surface area (Å²) in [6, 6.07) is 7.78. The molecule has 8 nitrogen and oxygen atoms in total. The number of nitrogens with zero attached hydrogens (tertiary/aromatic N) is 7. The monoisotopic (exact) mass is 449 g/mol. The smallest absolute Gasteiger partial charge is 0.257 e. The first-order valence-electron chi connectivity index (χ1n) is 11.0. The summed E-state index contributed by atoms with van der Waals surface area (Å²) >= 11 is 1.50. The number of benzene rings is 1. The number of fused-ring (bicyclic) bond motifs is 4. The summed E-state index contributed by atoms with van der Waals surface area (Å²) < 4.78 is 9.90. The zero-order chi connectivity index (χ0) is 22.2. The molecule has 0 N–H and O–H groups in total. The van der Waals surface area contributed by atoms with Gasteiger partial charge in [-0.15, -0.1) is 5.10 Å². The molecule has 1 aromatic carbocycles. The van der Waals surface area contributed by atoms with E-state index >= 15 is 0 Å². The molecule has 0 radical (unpaired) electrons. The Labute approximate surface area is 190 Å². The molecule has 0 aliphatic rings. The van der Waals surface area contributed by atoms with Gasteiger partial charge in [-0.1, -0.05) is 37.7 Å². The number of para-hydroxylation sites is 2. The molecule has 0 saturated heterocycles. The normalized spacial score (nSPS) is 12.2. The predicted molar refractivity (Wildman–Crippen MR) is 127 cm³/mol. The maximum Gasteiger partial charge on any atom is 0.257 e. The van der Waals surface area contributed by atoms with E-state index in [-0.39, 0.29) is 0 Å². The molecule has 5 rings (SSSR count). The van der Waals surface area contributed by atoms with Gasteiger partial charge in [0.15, 0.2) is 17.1 Å². The van der Waals surface area contributed by atoms with Crippen molar-refractivity contribution < 1.29 is 4.42 Å². The lowest BCUT2D eigenvalue weighted by Gasteiger charge is -2.19. The second-order valence-electron chi connectivity index (χ2n) is 7.86. The van der Waals surface area contributed by atoms with E-state index in [1.165, 1.54) is 23.0 Å². The van der Waals surface area contributed by atoms with Gasteiger partial charge in [0.25, 0.3) is 5.22 Å². The van der Waals surface area contributed by atoms with Gasteiger partial charge < -0.3 is 13.9 Å². The SMILES string of the molecule is CCN(CC)CCn1c(C)c(C)c2c1ncn1nc(CSc3nc4ccccc4o3)nc21. The van der Waals surface area contributed by atoms with Gasteiger partial charge in [0.1, 0.15) is 17.5 Å². The maximum atomic E-state index is 5.81. The van der Waals surface area contributed by atoms with Crippen LogP contribution < -0.4 is 0 Å². The van der Waals surface area contributed by atoms with Gasteiger partial charge >= 0.3 is 0 Å². The van der Waals surface area contributed by atoms with Crippen LogP contribution in [0.1, 0.15) is 30.9 Å². The molecule has 5 aromatic rings. The molecule has 0 amide bonds. The second kappa shape index (κ2) is 8.55. The highest BCUT2D eigenvalue weighted by molar-refractivity contribution is 7.98. The zero-order valence-electron chi connectivity index (χ0n) is 18.9. The van der Waals surface area contributed by atoms with E-state index in [1.54, 1.807) is 10.8 Å². The third kappa shape index (κ3) is 3.65. The van der Waals surface area contributed by atoms with E-state index in [0.717, 1.165) is 59.8 Å². The van der Waals surface area contributed by atoms with Crippen LogP contribution in [0.25, 0.3) is 27.8 Å². The summed E-state index contributed by atoms with van der Waals surface area (Å²) in [6.07, 6.45) is 1.77. The van der Waals surface area contributed by atoms with Crippen molar-refractivity contribution in [3.63, 3.8) is 0 Å². The van der Waals surface area contributed by atoms with Gasteiger partial charge in [-0.05, 0) is 44.6 Å². The van der Waals surface area contributed by atoms with Crippen LogP contribution in [0.2, 0.25) is 0 Å². The Morgan fingerprint density at radius 3 is 2.66 bits per heavy atom. The fraction of sp³-hybridized carbons (Fsp3) is 0.391. The molecule has 4 aromatic heterocycles. The van der Waals surface area contributed by atoms with Crippen molar-refractivity contribution >= 4 is 39.5 Å². The van der Waals surface area contributed by atoms with Crippen molar-refractivity contribution in [1.82, 2.24) is 34.0 Å². The first-order valence-corrected chi connectivity index (χ1v) is 12.0. The van der Waals surface area contributed by atoms with E-state index in [4.69, 9.17) is 14.4 Å². The van der Waals surface area contributed by atoms with Crippen LogP contribution in [0.3, 0.4) is 0 Å². The zero-order valence-corrected chi connectivity index (χ0v) is 19.7. The minimum Gasteiger partial charge on any atom is -0.431 e. The number of oxazole rings is 1. The molecule has 0 spiro atoms. The molecule has 0 aliphatic heterocycles. The van der Waals surface area contributed by atoms with Crippen LogP contribution >= 0.6 is 11.8 Å². The van der Waals surface area contributed by atoms with E-state index < -0.39 is 0 Å². The Balaban J connectivity index is 1.44. The van der Waals surface area contributed by atoms with E-state index in [9.17, 15) is 0 Å². The summed E-state index contributed by atoms with van der Waals surface area (Å²) in [7, 11) is 0. The molecule has 32 heavy (non-hydrogen) atoms. The first kappa shape index (κ1) is 21.0.